The van der Waals surface area contributed by atoms with E-state index in [0.29, 0.717) is 5.57 Å². The van der Waals surface area contributed by atoms with Gasteiger partial charge in [-0.25, -0.2) is 4.79 Å². The summed E-state index contributed by atoms with van der Waals surface area (Å²) in [5.41, 5.74) is -5.00. The Kier molecular flexibility index (Phi) is 4.95. The van der Waals surface area contributed by atoms with E-state index < -0.39 is 81.5 Å². The van der Waals surface area contributed by atoms with Crippen molar-refractivity contribution in [3.63, 3.8) is 0 Å². The molecule has 7 rings (SSSR count). The molecule has 40 heavy (non-hydrogen) atoms. The van der Waals surface area contributed by atoms with Crippen molar-refractivity contribution in [2.24, 2.45) is 23.2 Å². The summed E-state index contributed by atoms with van der Waals surface area (Å²) in [6.07, 6.45) is 1.49. The van der Waals surface area contributed by atoms with Crippen molar-refractivity contribution in [1.82, 2.24) is 0 Å². The van der Waals surface area contributed by atoms with Gasteiger partial charge < -0.3 is 33.9 Å². The molecule has 11 nitrogen and oxygen atoms in total. The first-order valence-electron chi connectivity index (χ1n) is 14.0. The zero-order chi connectivity index (χ0) is 28.8. The maximum atomic E-state index is 14.0. The van der Waals surface area contributed by atoms with Crippen LogP contribution in [-0.2, 0) is 42.9 Å². The molecule has 6 saturated heterocycles. The lowest BCUT2D eigenvalue weighted by Gasteiger charge is -2.52. The molecule has 7 aliphatic heterocycles. The molecule has 10 unspecified atom stereocenters. The Morgan fingerprint density at radius 2 is 1.85 bits per heavy atom. The van der Waals surface area contributed by atoms with Crippen molar-refractivity contribution >= 4 is 23.5 Å². The lowest BCUT2D eigenvalue weighted by Crippen LogP contribution is -2.73. The molecule has 0 aromatic carbocycles. The molecule has 7 heterocycles. The minimum Gasteiger partial charge on any atom is -0.450 e. The summed E-state index contributed by atoms with van der Waals surface area (Å²) >= 11 is 0. The number of esters is 2. The van der Waals surface area contributed by atoms with Crippen molar-refractivity contribution in [2.75, 3.05) is 0 Å². The van der Waals surface area contributed by atoms with Crippen LogP contribution in [0.1, 0.15) is 66.7 Å². The summed E-state index contributed by atoms with van der Waals surface area (Å²) in [7, 11) is 0. The van der Waals surface area contributed by atoms with E-state index in [4.69, 9.17) is 23.7 Å². The number of aliphatic hydroxyl groups is 2. The highest BCUT2D eigenvalue weighted by Gasteiger charge is 2.91. The van der Waals surface area contributed by atoms with Gasteiger partial charge in [-0.2, -0.15) is 0 Å². The van der Waals surface area contributed by atoms with Gasteiger partial charge in [0.25, 0.3) is 0 Å². The fourth-order valence-corrected chi connectivity index (χ4v) is 9.05. The van der Waals surface area contributed by atoms with Crippen LogP contribution in [0.2, 0.25) is 0 Å². The molecule has 2 spiro atoms. The summed E-state index contributed by atoms with van der Waals surface area (Å²) in [6, 6.07) is 0. The van der Waals surface area contributed by atoms with Crippen LogP contribution in [0.3, 0.4) is 0 Å². The van der Waals surface area contributed by atoms with E-state index in [2.05, 4.69) is 0 Å². The molecule has 4 bridgehead atoms. The quantitative estimate of drug-likeness (QED) is 0.483. The summed E-state index contributed by atoms with van der Waals surface area (Å²) in [6.45, 7) is 8.67. The summed E-state index contributed by atoms with van der Waals surface area (Å²) in [5.74, 6) is -8.54. The van der Waals surface area contributed by atoms with Crippen LogP contribution in [0, 0.1) is 23.2 Å². The van der Waals surface area contributed by atoms with Gasteiger partial charge in [0.2, 0.25) is 23.0 Å². The molecule has 0 aliphatic carbocycles. The van der Waals surface area contributed by atoms with E-state index in [-0.39, 0.29) is 43.6 Å². The van der Waals surface area contributed by atoms with Crippen molar-refractivity contribution in [1.29, 1.82) is 0 Å². The van der Waals surface area contributed by atoms with Crippen LogP contribution in [0.25, 0.3) is 0 Å². The first kappa shape index (κ1) is 26.5. The van der Waals surface area contributed by atoms with Crippen LogP contribution >= 0.6 is 0 Å². The van der Waals surface area contributed by atoms with Gasteiger partial charge in [0, 0.05) is 29.2 Å². The Morgan fingerprint density at radius 3 is 2.52 bits per heavy atom. The van der Waals surface area contributed by atoms with Gasteiger partial charge in [-0.15, -0.1) is 0 Å². The van der Waals surface area contributed by atoms with Crippen molar-refractivity contribution in [3.8, 4) is 0 Å². The third-order valence-corrected chi connectivity index (χ3v) is 10.7. The highest BCUT2D eigenvalue weighted by Crippen LogP contribution is 2.72. The number of ketones is 2. The van der Waals surface area contributed by atoms with Gasteiger partial charge >= 0.3 is 11.9 Å². The molecule has 216 valence electrons. The zero-order valence-electron chi connectivity index (χ0n) is 23.1. The number of carbonyl (C=O) groups is 4. The monoisotopic (exact) mass is 558 g/mol. The Morgan fingerprint density at radius 1 is 1.12 bits per heavy atom. The molecule has 0 aromatic heterocycles. The summed E-state index contributed by atoms with van der Waals surface area (Å²) in [4.78, 5) is 52.3. The molecule has 2 N–H and O–H groups in total. The maximum absolute atomic E-state index is 14.0. The maximum Gasteiger partial charge on any atom is 0.339 e. The third-order valence-electron chi connectivity index (χ3n) is 10.7. The summed E-state index contributed by atoms with van der Waals surface area (Å²) < 4.78 is 29.9. The molecule has 10 atom stereocenters. The largest absolute Gasteiger partial charge is 0.450 e. The lowest BCUT2D eigenvalue weighted by molar-refractivity contribution is -0.389. The Labute approximate surface area is 230 Å². The van der Waals surface area contributed by atoms with Gasteiger partial charge in [-0.3, -0.25) is 14.4 Å². The molecular weight excluding hydrogens is 524 g/mol. The number of carbonyl (C=O) groups excluding carboxylic acids is 4. The number of hydrogen-bond acceptors (Lipinski definition) is 11. The van der Waals surface area contributed by atoms with Crippen LogP contribution in [0.5, 0.6) is 0 Å². The van der Waals surface area contributed by atoms with Crippen molar-refractivity contribution in [2.45, 2.75) is 107 Å². The first-order chi connectivity index (χ1) is 18.5. The molecule has 0 radical (unpaired) electrons. The highest BCUT2D eigenvalue weighted by atomic mass is 16.7. The fraction of sp³-hybridized carbons (Fsp3) is 0.724. The smallest absolute Gasteiger partial charge is 0.339 e. The molecule has 0 aromatic rings. The van der Waals surface area contributed by atoms with Gasteiger partial charge in [-0.05, 0) is 52.2 Å². The average molecular weight is 559 g/mol. The van der Waals surface area contributed by atoms with Crippen molar-refractivity contribution in [3.05, 3.63) is 23.5 Å². The van der Waals surface area contributed by atoms with Crippen LogP contribution in [0.15, 0.2) is 23.5 Å². The molecule has 0 saturated carbocycles. The van der Waals surface area contributed by atoms with E-state index in [1.807, 2.05) is 13.8 Å². The zero-order valence-corrected chi connectivity index (χ0v) is 23.1. The number of allylic oxidation sites excluding steroid dienone is 2. The minimum absolute atomic E-state index is 0.00257. The minimum atomic E-state index is -2.36. The fourth-order valence-electron chi connectivity index (χ4n) is 9.05. The predicted octanol–water partition coefficient (Wildman–Crippen LogP) is 1.38. The van der Waals surface area contributed by atoms with E-state index in [1.165, 1.54) is 0 Å². The van der Waals surface area contributed by atoms with E-state index >= 15 is 0 Å². The molecule has 7 aliphatic rings. The molecule has 0 amide bonds. The molecular formula is C29H34O11. The van der Waals surface area contributed by atoms with Crippen LogP contribution in [0.4, 0.5) is 0 Å². The topological polar surface area (TPSA) is 155 Å². The molecule has 11 heteroatoms. The van der Waals surface area contributed by atoms with E-state index in [0.717, 1.165) is 0 Å². The molecule has 6 fully saturated rings. The van der Waals surface area contributed by atoms with Gasteiger partial charge in [0.15, 0.2) is 0 Å². The second kappa shape index (κ2) is 7.49. The number of fused-ring (bicyclic) bond motifs is 4. The Bertz CT molecular complexity index is 1350. The number of ether oxygens (including phenoxy) is 5. The lowest BCUT2D eigenvalue weighted by atomic mass is 9.63. The second-order valence-electron chi connectivity index (χ2n) is 13.6. The number of rotatable bonds is 3. The van der Waals surface area contributed by atoms with E-state index in [1.54, 1.807) is 32.9 Å². The SMILES string of the molecule is CC1=CC(=CC(C)C(=O)C2(C)CCC34OC(O)(C2)C(=O)C3C2CC3C(C)(C)OC5CC(=O)OC53C4(O)O2)OC1=O. The third kappa shape index (κ3) is 2.87. The number of cyclic esters (lactones) is 1. The number of hydrogen-bond donors (Lipinski definition) is 2. The number of Topliss-reactive ketones (excluding diaryl/α,β-unsaturated/α-hetero) is 2. The average Bonchev–Trinajstić information content (AvgIpc) is 3.50. The van der Waals surface area contributed by atoms with Gasteiger partial charge in [0.1, 0.15) is 23.2 Å². The Balaban J connectivity index is 1.28. The van der Waals surface area contributed by atoms with Gasteiger partial charge in [-0.1, -0.05) is 13.8 Å². The van der Waals surface area contributed by atoms with Crippen LogP contribution in [-0.4, -0.2) is 74.3 Å². The normalized spacial score (nSPS) is 51.5. The Hall–Kier alpha value is -2.44. The standard InChI is InChI=1S/C29H34O11/c1-13(8-15-9-14(2)23(33)36-15)21(31)25(5)6-7-26-20(22(32)27(34,12-25)40-26)16-10-17-24(3,4)38-18-11-19(30)39-28(17,18)29(26,35)37-16/h8-9,13,16-18,20,34-35H,6-7,10-12H2,1-5H3. The van der Waals surface area contributed by atoms with Crippen molar-refractivity contribution < 1.29 is 53.1 Å². The van der Waals surface area contributed by atoms with E-state index in [9.17, 15) is 29.4 Å². The predicted molar refractivity (Wildman–Crippen MR) is 132 cm³/mol. The second-order valence-corrected chi connectivity index (χ2v) is 13.6. The first-order valence-corrected chi connectivity index (χ1v) is 14.0. The van der Waals surface area contributed by atoms with Crippen LogP contribution < -0.4 is 0 Å². The van der Waals surface area contributed by atoms with Gasteiger partial charge in [0.05, 0.1) is 24.0 Å². The highest BCUT2D eigenvalue weighted by molar-refractivity contribution is 5.96. The summed E-state index contributed by atoms with van der Waals surface area (Å²) in [5, 5.41) is 24.3.